The van der Waals surface area contributed by atoms with Gasteiger partial charge in [0.1, 0.15) is 0 Å². The van der Waals surface area contributed by atoms with Crippen molar-refractivity contribution in [3.8, 4) is 0 Å². The second kappa shape index (κ2) is 6.05. The molecule has 0 aliphatic carbocycles. The van der Waals surface area contributed by atoms with Crippen LogP contribution in [0.15, 0.2) is 0 Å². The molecule has 0 saturated carbocycles. The quantitative estimate of drug-likeness (QED) is 0.686. The summed E-state index contributed by atoms with van der Waals surface area (Å²) in [6, 6.07) is 0.186. The number of nitrogens with two attached hydrogens (primary N) is 1. The summed E-state index contributed by atoms with van der Waals surface area (Å²) in [7, 11) is 0. The fraction of sp³-hybridized carbons (Fsp3) is 0.818. The maximum Gasteiger partial charge on any atom is 0.232 e. The summed E-state index contributed by atoms with van der Waals surface area (Å²) >= 11 is 4.87. The summed E-state index contributed by atoms with van der Waals surface area (Å²) in [5.74, 6) is -0.0846. The van der Waals surface area contributed by atoms with Crippen LogP contribution in [0.3, 0.4) is 0 Å². The molecule has 0 bridgehead atoms. The van der Waals surface area contributed by atoms with Gasteiger partial charge in [0.25, 0.3) is 0 Å². The molecule has 0 spiro atoms. The van der Waals surface area contributed by atoms with E-state index in [0.29, 0.717) is 0 Å². The normalized spacial score (nSPS) is 13.3. The van der Waals surface area contributed by atoms with Gasteiger partial charge in [0.05, 0.1) is 10.4 Å². The first kappa shape index (κ1) is 14.4. The predicted octanol–water partition coefficient (Wildman–Crippen LogP) is 1.99. The van der Waals surface area contributed by atoms with Crippen molar-refractivity contribution in [3.63, 3.8) is 0 Å². The predicted molar refractivity (Wildman–Crippen MR) is 67.7 cm³/mol. The second-order valence-electron chi connectivity index (χ2n) is 4.51. The highest BCUT2D eigenvalue weighted by atomic mass is 32.1. The molecule has 3 nitrogen and oxygen atoms in total. The highest BCUT2D eigenvalue weighted by Gasteiger charge is 2.31. The number of rotatable bonds is 6. The monoisotopic (exact) mass is 230 g/mol. The first-order valence-corrected chi connectivity index (χ1v) is 5.84. The maximum absolute atomic E-state index is 11.8. The van der Waals surface area contributed by atoms with Crippen LogP contribution >= 0.6 is 12.2 Å². The zero-order valence-corrected chi connectivity index (χ0v) is 10.9. The molecule has 3 N–H and O–H groups in total. The Labute approximate surface area is 97.8 Å². The van der Waals surface area contributed by atoms with Gasteiger partial charge in [0, 0.05) is 6.04 Å². The summed E-state index contributed by atoms with van der Waals surface area (Å²) < 4.78 is 0. The molecular formula is C11H22N2OS. The van der Waals surface area contributed by atoms with Crippen LogP contribution in [0.4, 0.5) is 0 Å². The van der Waals surface area contributed by atoms with Gasteiger partial charge in [-0.3, -0.25) is 4.79 Å². The van der Waals surface area contributed by atoms with E-state index in [1.807, 2.05) is 6.92 Å². The van der Waals surface area contributed by atoms with Gasteiger partial charge in [-0.1, -0.05) is 32.0 Å². The molecule has 0 aromatic carbocycles. The molecule has 1 amide bonds. The summed E-state index contributed by atoms with van der Waals surface area (Å²) in [5.41, 5.74) is 4.76. The van der Waals surface area contributed by atoms with Gasteiger partial charge in [-0.25, -0.2) is 0 Å². The van der Waals surface area contributed by atoms with Crippen molar-refractivity contribution in [2.24, 2.45) is 11.1 Å². The first-order valence-electron chi connectivity index (χ1n) is 5.43. The van der Waals surface area contributed by atoms with Crippen LogP contribution < -0.4 is 11.1 Å². The largest absolute Gasteiger partial charge is 0.392 e. The third-order valence-corrected chi connectivity index (χ3v) is 3.06. The van der Waals surface area contributed by atoms with Gasteiger partial charge in [-0.05, 0) is 27.2 Å². The Hall–Kier alpha value is -0.640. The number of amides is 1. The SMILES string of the molecule is CCCCC(C)NC(=O)C(C)(C)C(N)=S. The summed E-state index contributed by atoms with van der Waals surface area (Å²) in [6.45, 7) is 7.63. The Balaban J connectivity index is 4.18. The zero-order chi connectivity index (χ0) is 12.1. The Morgan fingerprint density at radius 3 is 2.47 bits per heavy atom. The van der Waals surface area contributed by atoms with Gasteiger partial charge < -0.3 is 11.1 Å². The Morgan fingerprint density at radius 1 is 1.53 bits per heavy atom. The van der Waals surface area contributed by atoms with Crippen LogP contribution in [0.5, 0.6) is 0 Å². The Bertz CT molecular complexity index is 239. The van der Waals surface area contributed by atoms with Gasteiger partial charge in [0.15, 0.2) is 0 Å². The standard InChI is InChI=1S/C11H22N2OS/c1-5-6-7-8(2)13-10(14)11(3,4)9(12)15/h8H,5-7H2,1-4H3,(H2,12,15)(H,13,14). The second-order valence-corrected chi connectivity index (χ2v) is 4.95. The fourth-order valence-corrected chi connectivity index (χ4v) is 1.19. The Kier molecular flexibility index (Phi) is 5.80. The minimum absolute atomic E-state index is 0.0846. The van der Waals surface area contributed by atoms with Gasteiger partial charge in [-0.15, -0.1) is 0 Å². The average Bonchev–Trinajstić information content (AvgIpc) is 2.14. The van der Waals surface area contributed by atoms with E-state index in [2.05, 4.69) is 12.2 Å². The van der Waals surface area contributed by atoms with Crippen LogP contribution in [-0.4, -0.2) is 16.9 Å². The molecule has 0 fully saturated rings. The number of thiocarbonyl (C=S) groups is 1. The molecule has 0 aliphatic rings. The fourth-order valence-electron chi connectivity index (χ4n) is 1.10. The molecule has 0 aromatic rings. The third kappa shape index (κ3) is 4.60. The van der Waals surface area contributed by atoms with E-state index >= 15 is 0 Å². The lowest BCUT2D eigenvalue weighted by molar-refractivity contribution is -0.126. The molecule has 1 unspecified atom stereocenters. The maximum atomic E-state index is 11.8. The Morgan fingerprint density at radius 2 is 2.07 bits per heavy atom. The van der Waals surface area contributed by atoms with E-state index in [9.17, 15) is 4.79 Å². The molecule has 15 heavy (non-hydrogen) atoms. The first-order chi connectivity index (χ1) is 6.82. The average molecular weight is 230 g/mol. The van der Waals surface area contributed by atoms with Gasteiger partial charge in [0.2, 0.25) is 5.91 Å². The van der Waals surface area contributed by atoms with Crippen LogP contribution in [0.2, 0.25) is 0 Å². The van der Waals surface area contributed by atoms with E-state index in [-0.39, 0.29) is 16.9 Å². The van der Waals surface area contributed by atoms with E-state index in [1.165, 1.54) is 0 Å². The molecule has 0 aliphatic heterocycles. The lowest BCUT2D eigenvalue weighted by atomic mass is 9.92. The van der Waals surface area contributed by atoms with Crippen molar-refractivity contribution in [3.05, 3.63) is 0 Å². The number of unbranched alkanes of at least 4 members (excludes halogenated alkanes) is 1. The highest BCUT2D eigenvalue weighted by molar-refractivity contribution is 7.80. The van der Waals surface area contributed by atoms with Crippen molar-refractivity contribution in [1.29, 1.82) is 0 Å². The molecule has 0 rings (SSSR count). The van der Waals surface area contributed by atoms with E-state index < -0.39 is 5.41 Å². The van der Waals surface area contributed by atoms with Crippen LogP contribution in [0, 0.1) is 5.41 Å². The van der Waals surface area contributed by atoms with Crippen molar-refractivity contribution in [2.75, 3.05) is 0 Å². The number of carbonyl (C=O) groups excluding carboxylic acids is 1. The number of hydrogen-bond acceptors (Lipinski definition) is 2. The van der Waals surface area contributed by atoms with Gasteiger partial charge in [-0.2, -0.15) is 0 Å². The van der Waals surface area contributed by atoms with Gasteiger partial charge >= 0.3 is 0 Å². The molecule has 1 atom stereocenters. The van der Waals surface area contributed by atoms with Crippen molar-refractivity contribution < 1.29 is 4.79 Å². The lowest BCUT2D eigenvalue weighted by Gasteiger charge is -2.24. The zero-order valence-electron chi connectivity index (χ0n) is 10.1. The van der Waals surface area contributed by atoms with E-state index in [1.54, 1.807) is 13.8 Å². The molecule has 0 aromatic heterocycles. The lowest BCUT2D eigenvalue weighted by Crippen LogP contribution is -2.47. The van der Waals surface area contributed by atoms with Crippen molar-refractivity contribution in [2.45, 2.75) is 53.0 Å². The molecule has 0 heterocycles. The summed E-state index contributed by atoms with van der Waals surface area (Å²) in [4.78, 5) is 12.0. The molecule has 4 heteroatoms. The highest BCUT2D eigenvalue weighted by Crippen LogP contribution is 2.16. The molecule has 0 saturated heterocycles. The molecule has 88 valence electrons. The summed E-state index contributed by atoms with van der Waals surface area (Å²) in [6.07, 6.45) is 3.25. The minimum atomic E-state index is -0.754. The van der Waals surface area contributed by atoms with Crippen molar-refractivity contribution in [1.82, 2.24) is 5.32 Å². The molecular weight excluding hydrogens is 208 g/mol. The van der Waals surface area contributed by atoms with Crippen LogP contribution in [-0.2, 0) is 4.79 Å². The summed E-state index contributed by atoms with van der Waals surface area (Å²) in [5, 5.41) is 2.93. The topological polar surface area (TPSA) is 55.1 Å². The van der Waals surface area contributed by atoms with E-state index in [4.69, 9.17) is 18.0 Å². The number of nitrogens with one attached hydrogen (secondary N) is 1. The smallest absolute Gasteiger partial charge is 0.232 e. The number of hydrogen-bond donors (Lipinski definition) is 2. The van der Waals surface area contributed by atoms with Crippen LogP contribution in [0.25, 0.3) is 0 Å². The molecule has 0 radical (unpaired) electrons. The van der Waals surface area contributed by atoms with Crippen LogP contribution in [0.1, 0.15) is 47.0 Å². The van der Waals surface area contributed by atoms with E-state index in [0.717, 1.165) is 19.3 Å². The minimum Gasteiger partial charge on any atom is -0.392 e. The number of carbonyl (C=O) groups is 1. The van der Waals surface area contributed by atoms with Crippen molar-refractivity contribution >= 4 is 23.1 Å². The third-order valence-electron chi connectivity index (χ3n) is 2.55.